The maximum absolute atomic E-state index is 5.29. The number of fused-ring (bicyclic) bond motifs is 1. The van der Waals surface area contributed by atoms with Crippen molar-refractivity contribution in [2.75, 3.05) is 38.2 Å². The summed E-state index contributed by atoms with van der Waals surface area (Å²) < 4.78 is 10.3. The van der Waals surface area contributed by atoms with E-state index in [-0.39, 0.29) is 0 Å². The van der Waals surface area contributed by atoms with Gasteiger partial charge in [-0.05, 0) is 24.8 Å². The second kappa shape index (κ2) is 7.26. The van der Waals surface area contributed by atoms with Crippen molar-refractivity contribution < 1.29 is 9.26 Å². The molecule has 0 amide bonds. The van der Waals surface area contributed by atoms with Crippen LogP contribution < -0.4 is 4.90 Å². The summed E-state index contributed by atoms with van der Waals surface area (Å²) in [5, 5.41) is 7.27. The van der Waals surface area contributed by atoms with E-state index in [1.54, 1.807) is 18.4 Å². The lowest BCUT2D eigenvalue weighted by atomic mass is 10.2. The molecule has 9 heteroatoms. The van der Waals surface area contributed by atoms with Crippen LogP contribution in [0.25, 0.3) is 10.2 Å². The van der Waals surface area contributed by atoms with E-state index in [9.17, 15) is 0 Å². The summed E-state index contributed by atoms with van der Waals surface area (Å²) in [5.41, 5.74) is 1.25. The van der Waals surface area contributed by atoms with Crippen LogP contribution in [0.15, 0.2) is 9.90 Å². The first-order valence-corrected chi connectivity index (χ1v) is 9.52. The normalized spacial score (nSPS) is 15.9. The number of anilines is 1. The van der Waals surface area contributed by atoms with Gasteiger partial charge in [-0.15, -0.1) is 11.3 Å². The van der Waals surface area contributed by atoms with Gasteiger partial charge in [0.1, 0.15) is 23.1 Å². The van der Waals surface area contributed by atoms with Gasteiger partial charge in [-0.3, -0.25) is 4.90 Å². The lowest BCUT2D eigenvalue weighted by Crippen LogP contribution is -2.46. The topological polar surface area (TPSA) is 80.4 Å². The van der Waals surface area contributed by atoms with Crippen molar-refractivity contribution in [3.63, 3.8) is 0 Å². The van der Waals surface area contributed by atoms with Crippen molar-refractivity contribution in [2.45, 2.75) is 27.0 Å². The van der Waals surface area contributed by atoms with Crippen molar-refractivity contribution in [3.05, 3.63) is 28.5 Å². The zero-order chi connectivity index (χ0) is 18.1. The molecular formula is C17H22N6O2S. The van der Waals surface area contributed by atoms with Gasteiger partial charge in [-0.1, -0.05) is 5.16 Å². The quantitative estimate of drug-likeness (QED) is 0.672. The molecule has 3 aromatic rings. The minimum Gasteiger partial charge on any atom is -0.377 e. The summed E-state index contributed by atoms with van der Waals surface area (Å²) in [6.45, 7) is 8.82. The molecular weight excluding hydrogens is 352 g/mol. The molecule has 0 N–H and O–H groups in total. The molecule has 26 heavy (non-hydrogen) atoms. The van der Waals surface area contributed by atoms with Gasteiger partial charge in [0.05, 0.1) is 11.9 Å². The van der Waals surface area contributed by atoms with Crippen LogP contribution >= 0.6 is 11.3 Å². The molecule has 3 aromatic heterocycles. The lowest BCUT2D eigenvalue weighted by Gasteiger charge is -2.35. The Labute approximate surface area is 155 Å². The summed E-state index contributed by atoms with van der Waals surface area (Å²) in [6.07, 6.45) is 0. The fourth-order valence-electron chi connectivity index (χ4n) is 3.25. The molecule has 1 fully saturated rings. The predicted octanol–water partition coefficient (Wildman–Crippen LogP) is 2.16. The summed E-state index contributed by atoms with van der Waals surface area (Å²) in [5.74, 6) is 3.12. The van der Waals surface area contributed by atoms with Gasteiger partial charge >= 0.3 is 0 Å². The molecule has 1 saturated heterocycles. The van der Waals surface area contributed by atoms with Crippen LogP contribution in [0.5, 0.6) is 0 Å². The molecule has 0 aliphatic carbocycles. The molecule has 1 aliphatic heterocycles. The van der Waals surface area contributed by atoms with Gasteiger partial charge in [0.25, 0.3) is 0 Å². The molecule has 0 unspecified atom stereocenters. The molecule has 8 nitrogen and oxygen atoms in total. The lowest BCUT2D eigenvalue weighted by molar-refractivity contribution is 0.174. The Morgan fingerprint density at radius 1 is 1.15 bits per heavy atom. The second-order valence-electron chi connectivity index (χ2n) is 6.49. The zero-order valence-corrected chi connectivity index (χ0v) is 16.0. The Morgan fingerprint density at radius 2 is 1.96 bits per heavy atom. The highest BCUT2D eigenvalue weighted by molar-refractivity contribution is 7.17. The Hall–Kier alpha value is -2.10. The van der Waals surface area contributed by atoms with E-state index in [1.807, 2.05) is 6.92 Å². The van der Waals surface area contributed by atoms with Crippen LogP contribution in [-0.2, 0) is 17.9 Å². The minimum absolute atomic E-state index is 0.375. The largest absolute Gasteiger partial charge is 0.377 e. The zero-order valence-electron chi connectivity index (χ0n) is 15.2. The van der Waals surface area contributed by atoms with E-state index in [0.717, 1.165) is 42.7 Å². The van der Waals surface area contributed by atoms with Gasteiger partial charge in [-0.25, -0.2) is 9.97 Å². The summed E-state index contributed by atoms with van der Waals surface area (Å²) in [4.78, 5) is 19.4. The van der Waals surface area contributed by atoms with E-state index < -0.39 is 0 Å². The number of nitrogens with zero attached hydrogens (tertiary/aromatic N) is 6. The first-order valence-electron chi connectivity index (χ1n) is 8.64. The molecule has 0 spiro atoms. The molecule has 0 atom stereocenters. The summed E-state index contributed by atoms with van der Waals surface area (Å²) in [7, 11) is 1.62. The number of hydrogen-bond acceptors (Lipinski definition) is 9. The first-order chi connectivity index (χ1) is 12.6. The SMILES string of the molecule is COCc1noc(CN2CCN(c3nc(C)nc4scc(C)c34)CC2)n1. The molecule has 0 bridgehead atoms. The number of ether oxygens (including phenoxy) is 1. The van der Waals surface area contributed by atoms with Crippen molar-refractivity contribution >= 4 is 27.4 Å². The number of aryl methyl sites for hydroxylation is 2. The van der Waals surface area contributed by atoms with Crippen LogP contribution in [0.1, 0.15) is 23.1 Å². The summed E-state index contributed by atoms with van der Waals surface area (Å²) >= 11 is 1.69. The predicted molar refractivity (Wildman–Crippen MR) is 99.4 cm³/mol. The standard InChI is InChI=1S/C17H22N6O2S/c1-11-10-26-17-15(11)16(18-12(2)19-17)23-6-4-22(5-7-23)8-14-20-13(9-24-3)21-25-14/h10H,4-9H2,1-3H3. The fraction of sp³-hybridized carbons (Fsp3) is 0.529. The average molecular weight is 374 g/mol. The van der Waals surface area contributed by atoms with E-state index in [0.29, 0.717) is 24.9 Å². The van der Waals surface area contributed by atoms with Gasteiger partial charge in [-0.2, -0.15) is 4.98 Å². The molecule has 138 valence electrons. The second-order valence-corrected chi connectivity index (χ2v) is 7.35. The maximum atomic E-state index is 5.29. The van der Waals surface area contributed by atoms with Crippen LogP contribution in [0, 0.1) is 13.8 Å². The van der Waals surface area contributed by atoms with Crippen molar-refractivity contribution in [1.82, 2.24) is 25.0 Å². The molecule has 0 aromatic carbocycles. The van der Waals surface area contributed by atoms with Crippen LogP contribution in [0.4, 0.5) is 5.82 Å². The van der Waals surface area contributed by atoms with Crippen molar-refractivity contribution in [3.8, 4) is 0 Å². The highest BCUT2D eigenvalue weighted by Gasteiger charge is 2.23. The van der Waals surface area contributed by atoms with Gasteiger partial charge in [0.2, 0.25) is 5.89 Å². The van der Waals surface area contributed by atoms with Crippen LogP contribution in [-0.4, -0.2) is 58.3 Å². The molecule has 0 radical (unpaired) electrons. The van der Waals surface area contributed by atoms with Crippen LogP contribution in [0.2, 0.25) is 0 Å². The Kier molecular flexibility index (Phi) is 4.84. The molecule has 4 rings (SSSR count). The smallest absolute Gasteiger partial charge is 0.240 e. The van der Waals surface area contributed by atoms with Crippen LogP contribution in [0.3, 0.4) is 0 Å². The van der Waals surface area contributed by atoms with E-state index in [2.05, 4.69) is 37.2 Å². The Morgan fingerprint density at radius 3 is 2.73 bits per heavy atom. The molecule has 1 aliphatic rings. The number of piperazine rings is 1. The number of rotatable bonds is 5. The summed E-state index contributed by atoms with van der Waals surface area (Å²) in [6, 6.07) is 0. The third kappa shape index (κ3) is 3.42. The Balaban J connectivity index is 1.44. The number of thiophene rings is 1. The molecule has 0 saturated carbocycles. The maximum Gasteiger partial charge on any atom is 0.240 e. The van der Waals surface area contributed by atoms with Crippen molar-refractivity contribution in [1.29, 1.82) is 0 Å². The number of aromatic nitrogens is 4. The van der Waals surface area contributed by atoms with E-state index in [1.165, 1.54) is 10.9 Å². The van der Waals surface area contributed by atoms with Gasteiger partial charge in [0, 0.05) is 33.3 Å². The van der Waals surface area contributed by atoms with Gasteiger partial charge in [0.15, 0.2) is 5.82 Å². The van der Waals surface area contributed by atoms with E-state index >= 15 is 0 Å². The first kappa shape index (κ1) is 17.3. The minimum atomic E-state index is 0.375. The highest BCUT2D eigenvalue weighted by Crippen LogP contribution is 2.32. The number of hydrogen-bond donors (Lipinski definition) is 0. The van der Waals surface area contributed by atoms with Crippen molar-refractivity contribution in [2.24, 2.45) is 0 Å². The van der Waals surface area contributed by atoms with E-state index in [4.69, 9.17) is 14.2 Å². The molecule has 4 heterocycles. The number of methoxy groups -OCH3 is 1. The fourth-order valence-corrected chi connectivity index (χ4v) is 4.21. The highest BCUT2D eigenvalue weighted by atomic mass is 32.1. The third-order valence-corrected chi connectivity index (χ3v) is 5.51. The average Bonchev–Trinajstić information content (AvgIpc) is 3.22. The Bertz CT molecular complexity index is 900. The third-order valence-electron chi connectivity index (χ3n) is 4.52. The monoisotopic (exact) mass is 374 g/mol. The van der Waals surface area contributed by atoms with Gasteiger partial charge < -0.3 is 14.2 Å².